The third kappa shape index (κ3) is 5.61. The van der Waals surface area contributed by atoms with Crippen LogP contribution in [-0.4, -0.2) is 18.0 Å². The van der Waals surface area contributed by atoms with E-state index in [0.717, 1.165) is 25.2 Å². The maximum Gasteiger partial charge on any atom is 0.223 e. The Bertz CT molecular complexity index is 338. The fourth-order valence-corrected chi connectivity index (χ4v) is 3.71. The number of nitrogens with two attached hydrogens (primary N) is 1. The van der Waals surface area contributed by atoms with Gasteiger partial charge in [0.05, 0.1) is 0 Å². The minimum Gasteiger partial charge on any atom is -0.349 e. The molecule has 0 saturated heterocycles. The highest BCUT2D eigenvalue weighted by molar-refractivity contribution is 5.79. The molecule has 0 aromatic carbocycles. The van der Waals surface area contributed by atoms with Gasteiger partial charge in [0.25, 0.3) is 0 Å². The Hall–Kier alpha value is -0.570. The Morgan fingerprint density at radius 3 is 2.05 bits per heavy atom. The smallest absolute Gasteiger partial charge is 0.223 e. The van der Waals surface area contributed by atoms with Gasteiger partial charge in [0.15, 0.2) is 0 Å². The quantitative estimate of drug-likeness (QED) is 0.812. The summed E-state index contributed by atoms with van der Waals surface area (Å²) in [5, 5.41) is 3.23. The van der Waals surface area contributed by atoms with E-state index in [1.54, 1.807) is 0 Å². The van der Waals surface area contributed by atoms with Crippen LogP contribution in [0.5, 0.6) is 0 Å². The number of hydrogen-bond donors (Lipinski definition) is 2. The molecule has 0 heterocycles. The summed E-state index contributed by atoms with van der Waals surface area (Å²) in [7, 11) is 0. The highest BCUT2D eigenvalue weighted by Crippen LogP contribution is 2.40. The van der Waals surface area contributed by atoms with E-state index >= 15 is 0 Å². The molecule has 124 valence electrons. The van der Waals surface area contributed by atoms with Crippen molar-refractivity contribution in [2.45, 2.75) is 79.2 Å². The molecule has 1 atom stereocenters. The Balaban J connectivity index is 2.54. The molecule has 0 aromatic rings. The van der Waals surface area contributed by atoms with E-state index in [9.17, 15) is 4.79 Å². The summed E-state index contributed by atoms with van der Waals surface area (Å²) in [6.45, 7) is 13.9. The van der Waals surface area contributed by atoms with Gasteiger partial charge in [0, 0.05) is 18.0 Å². The van der Waals surface area contributed by atoms with Gasteiger partial charge in [0.1, 0.15) is 0 Å². The Kier molecular flexibility index (Phi) is 6.27. The van der Waals surface area contributed by atoms with Crippen LogP contribution in [0.15, 0.2) is 0 Å². The fourth-order valence-electron chi connectivity index (χ4n) is 3.71. The van der Waals surface area contributed by atoms with Crippen molar-refractivity contribution in [1.82, 2.24) is 5.32 Å². The van der Waals surface area contributed by atoms with E-state index in [1.807, 2.05) is 0 Å². The molecule has 0 aromatic heterocycles. The van der Waals surface area contributed by atoms with Gasteiger partial charge < -0.3 is 11.1 Å². The van der Waals surface area contributed by atoms with E-state index in [-0.39, 0.29) is 17.4 Å². The summed E-state index contributed by atoms with van der Waals surface area (Å²) in [5.41, 5.74) is 6.01. The normalized spacial score (nSPS) is 26.5. The maximum absolute atomic E-state index is 12.5. The lowest BCUT2D eigenvalue weighted by Gasteiger charge is -2.38. The summed E-state index contributed by atoms with van der Waals surface area (Å²) in [6.07, 6.45) is 5.33. The van der Waals surface area contributed by atoms with Gasteiger partial charge >= 0.3 is 0 Å². The molecule has 0 aliphatic heterocycles. The van der Waals surface area contributed by atoms with Crippen molar-refractivity contribution in [1.29, 1.82) is 0 Å². The number of nitrogens with one attached hydrogen (secondary N) is 1. The van der Waals surface area contributed by atoms with Gasteiger partial charge in [-0.25, -0.2) is 0 Å². The molecule has 0 bridgehead atoms. The van der Waals surface area contributed by atoms with Gasteiger partial charge in [-0.05, 0) is 56.3 Å². The monoisotopic (exact) mass is 296 g/mol. The van der Waals surface area contributed by atoms with E-state index < -0.39 is 0 Å². The molecule has 1 aliphatic rings. The average molecular weight is 296 g/mol. The molecular weight excluding hydrogens is 260 g/mol. The van der Waals surface area contributed by atoms with E-state index in [1.165, 1.54) is 12.8 Å². The third-order valence-electron chi connectivity index (χ3n) is 5.06. The summed E-state index contributed by atoms with van der Waals surface area (Å²) >= 11 is 0. The van der Waals surface area contributed by atoms with Gasteiger partial charge in [0.2, 0.25) is 5.91 Å². The summed E-state index contributed by atoms with van der Waals surface area (Å²) in [4.78, 5) is 12.5. The maximum atomic E-state index is 12.5. The number of rotatable bonds is 5. The zero-order valence-electron chi connectivity index (χ0n) is 15.0. The number of carbonyl (C=O) groups is 1. The summed E-state index contributed by atoms with van der Waals surface area (Å²) < 4.78 is 0. The van der Waals surface area contributed by atoms with Crippen molar-refractivity contribution in [2.24, 2.45) is 28.9 Å². The molecule has 1 fully saturated rings. The number of carbonyl (C=O) groups excluding carboxylic acids is 1. The first kappa shape index (κ1) is 18.5. The Labute approximate surface area is 131 Å². The SMILES string of the molecule is CC(C)CC(C)(CN)NC(=O)C1CCC(C(C)(C)C)CC1. The van der Waals surface area contributed by atoms with E-state index in [0.29, 0.717) is 17.9 Å². The van der Waals surface area contributed by atoms with Gasteiger partial charge in [-0.1, -0.05) is 34.6 Å². The van der Waals surface area contributed by atoms with Crippen LogP contribution in [0.3, 0.4) is 0 Å². The van der Waals surface area contributed by atoms with Crippen molar-refractivity contribution in [3.63, 3.8) is 0 Å². The largest absolute Gasteiger partial charge is 0.349 e. The van der Waals surface area contributed by atoms with Gasteiger partial charge in [-0.15, -0.1) is 0 Å². The second-order valence-electron chi connectivity index (χ2n) is 8.77. The van der Waals surface area contributed by atoms with Gasteiger partial charge in [-0.2, -0.15) is 0 Å². The lowest BCUT2D eigenvalue weighted by Crippen LogP contribution is -2.54. The second kappa shape index (κ2) is 7.13. The predicted molar refractivity (Wildman–Crippen MR) is 90.0 cm³/mol. The first-order chi connectivity index (χ1) is 9.57. The molecule has 1 rings (SSSR count). The van der Waals surface area contributed by atoms with Crippen LogP contribution in [0.1, 0.15) is 73.6 Å². The van der Waals surface area contributed by atoms with E-state index in [2.05, 4.69) is 46.9 Å². The topological polar surface area (TPSA) is 55.1 Å². The first-order valence-electron chi connectivity index (χ1n) is 8.59. The lowest BCUT2D eigenvalue weighted by atomic mass is 9.69. The van der Waals surface area contributed by atoms with Crippen LogP contribution >= 0.6 is 0 Å². The minimum atomic E-state index is -0.258. The molecule has 1 aliphatic carbocycles. The van der Waals surface area contributed by atoms with Crippen molar-refractivity contribution in [2.75, 3.05) is 6.54 Å². The average Bonchev–Trinajstić information content (AvgIpc) is 2.36. The molecule has 0 radical (unpaired) electrons. The molecule has 3 heteroatoms. The molecular formula is C18H36N2O. The fraction of sp³-hybridized carbons (Fsp3) is 0.944. The van der Waals surface area contributed by atoms with Crippen LogP contribution in [0.4, 0.5) is 0 Å². The highest BCUT2D eigenvalue weighted by atomic mass is 16.2. The molecule has 3 N–H and O–H groups in total. The van der Waals surface area contributed by atoms with Crippen molar-refractivity contribution >= 4 is 5.91 Å². The highest BCUT2D eigenvalue weighted by Gasteiger charge is 2.34. The Morgan fingerprint density at radius 1 is 1.14 bits per heavy atom. The number of amides is 1. The standard InChI is InChI=1S/C18H36N2O/c1-13(2)11-18(6,12-19)20-16(21)14-7-9-15(10-8-14)17(3,4)5/h13-15H,7-12,19H2,1-6H3,(H,20,21). The van der Waals surface area contributed by atoms with Crippen LogP contribution in [0.25, 0.3) is 0 Å². The van der Waals surface area contributed by atoms with Crippen molar-refractivity contribution in [3.8, 4) is 0 Å². The van der Waals surface area contributed by atoms with Crippen LogP contribution in [0, 0.1) is 23.2 Å². The first-order valence-corrected chi connectivity index (χ1v) is 8.59. The van der Waals surface area contributed by atoms with Crippen molar-refractivity contribution < 1.29 is 4.79 Å². The zero-order valence-corrected chi connectivity index (χ0v) is 15.0. The minimum absolute atomic E-state index is 0.182. The van der Waals surface area contributed by atoms with Gasteiger partial charge in [-0.3, -0.25) is 4.79 Å². The van der Waals surface area contributed by atoms with Crippen LogP contribution in [0.2, 0.25) is 0 Å². The third-order valence-corrected chi connectivity index (χ3v) is 5.06. The summed E-state index contributed by atoms with van der Waals surface area (Å²) in [6, 6.07) is 0. The zero-order chi connectivity index (χ0) is 16.3. The molecule has 3 nitrogen and oxygen atoms in total. The molecule has 1 saturated carbocycles. The number of hydrogen-bond acceptors (Lipinski definition) is 2. The second-order valence-corrected chi connectivity index (χ2v) is 8.77. The Morgan fingerprint density at radius 2 is 1.67 bits per heavy atom. The predicted octanol–water partition coefficient (Wildman–Crippen LogP) is 3.72. The van der Waals surface area contributed by atoms with Crippen LogP contribution in [-0.2, 0) is 4.79 Å². The lowest BCUT2D eigenvalue weighted by molar-refractivity contribution is -0.128. The molecule has 0 spiro atoms. The van der Waals surface area contributed by atoms with Crippen LogP contribution < -0.4 is 11.1 Å². The molecule has 21 heavy (non-hydrogen) atoms. The van der Waals surface area contributed by atoms with Crippen molar-refractivity contribution in [3.05, 3.63) is 0 Å². The summed E-state index contributed by atoms with van der Waals surface area (Å²) in [5.74, 6) is 1.69. The molecule has 1 amide bonds. The molecule has 1 unspecified atom stereocenters. The van der Waals surface area contributed by atoms with E-state index in [4.69, 9.17) is 5.73 Å².